The number of nitrogens with zero attached hydrogens (tertiary/aromatic N) is 5. The van der Waals surface area contributed by atoms with E-state index in [-0.39, 0.29) is 10.6 Å². The lowest BCUT2D eigenvalue weighted by Crippen LogP contribution is -2.16. The van der Waals surface area contributed by atoms with Crippen LogP contribution < -0.4 is 10.6 Å². The molecule has 0 radical (unpaired) electrons. The second kappa shape index (κ2) is 7.39. The normalized spacial score (nSPS) is 10.4. The van der Waals surface area contributed by atoms with Crippen LogP contribution in [0, 0.1) is 17.0 Å². The summed E-state index contributed by atoms with van der Waals surface area (Å²) >= 11 is 0. The number of hydrogen-bond donors (Lipinski definition) is 2. The molecule has 0 atom stereocenters. The van der Waals surface area contributed by atoms with Crippen molar-refractivity contribution in [3.05, 3.63) is 64.2 Å². The molecular formula is C16H17N7O2. The molecule has 0 saturated carbocycles. The summed E-state index contributed by atoms with van der Waals surface area (Å²) in [5.74, 6) is 0.549. The Bertz CT molecular complexity index is 864. The molecule has 25 heavy (non-hydrogen) atoms. The van der Waals surface area contributed by atoms with E-state index in [4.69, 9.17) is 0 Å². The summed E-state index contributed by atoms with van der Waals surface area (Å²) in [5.41, 5.74) is 2.43. The lowest BCUT2D eigenvalue weighted by Gasteiger charge is -2.09. The van der Waals surface area contributed by atoms with E-state index in [0.717, 1.165) is 11.4 Å². The van der Waals surface area contributed by atoms with E-state index in [1.807, 2.05) is 30.3 Å². The Kier molecular flexibility index (Phi) is 4.84. The van der Waals surface area contributed by atoms with Gasteiger partial charge in [-0.2, -0.15) is 4.68 Å². The Morgan fingerprint density at radius 1 is 1.12 bits per heavy atom. The highest BCUT2D eigenvalue weighted by atomic mass is 16.6. The van der Waals surface area contributed by atoms with E-state index in [1.165, 1.54) is 6.07 Å². The van der Waals surface area contributed by atoms with E-state index in [0.29, 0.717) is 24.6 Å². The zero-order chi connectivity index (χ0) is 17.6. The summed E-state index contributed by atoms with van der Waals surface area (Å²) in [6, 6.07) is 14.5. The third-order valence-corrected chi connectivity index (χ3v) is 3.60. The van der Waals surface area contributed by atoms with Crippen molar-refractivity contribution in [1.82, 2.24) is 20.2 Å². The van der Waals surface area contributed by atoms with E-state index in [2.05, 4.69) is 26.2 Å². The van der Waals surface area contributed by atoms with Gasteiger partial charge in [-0.3, -0.25) is 10.1 Å². The Morgan fingerprint density at radius 3 is 2.60 bits per heavy atom. The highest BCUT2D eigenvalue weighted by Gasteiger charge is 2.10. The molecule has 9 heteroatoms. The zero-order valence-corrected chi connectivity index (χ0v) is 13.6. The predicted molar refractivity (Wildman–Crippen MR) is 94.0 cm³/mol. The Balaban J connectivity index is 1.55. The summed E-state index contributed by atoms with van der Waals surface area (Å²) in [5, 5.41) is 28.8. The van der Waals surface area contributed by atoms with Crippen molar-refractivity contribution in [3.63, 3.8) is 0 Å². The summed E-state index contributed by atoms with van der Waals surface area (Å²) < 4.78 is 1.62. The van der Waals surface area contributed by atoms with Crippen molar-refractivity contribution in [1.29, 1.82) is 0 Å². The third-order valence-electron chi connectivity index (χ3n) is 3.60. The van der Waals surface area contributed by atoms with Crippen LogP contribution in [0.25, 0.3) is 5.69 Å². The summed E-state index contributed by atoms with van der Waals surface area (Å²) in [7, 11) is 0. The third kappa shape index (κ3) is 3.89. The van der Waals surface area contributed by atoms with Crippen molar-refractivity contribution < 1.29 is 4.92 Å². The second-order valence-corrected chi connectivity index (χ2v) is 5.36. The molecular weight excluding hydrogens is 322 g/mol. The van der Waals surface area contributed by atoms with Gasteiger partial charge in [0.2, 0.25) is 5.95 Å². The number of aromatic nitrogens is 4. The molecule has 128 valence electrons. The van der Waals surface area contributed by atoms with Gasteiger partial charge in [0, 0.05) is 30.4 Å². The molecule has 2 N–H and O–H groups in total. The number of tetrazole rings is 1. The van der Waals surface area contributed by atoms with E-state index in [9.17, 15) is 10.1 Å². The van der Waals surface area contributed by atoms with E-state index < -0.39 is 0 Å². The van der Waals surface area contributed by atoms with Crippen LogP contribution >= 0.6 is 0 Å². The van der Waals surface area contributed by atoms with Crippen LogP contribution in [-0.2, 0) is 0 Å². The number of aryl methyl sites for hydroxylation is 1. The number of rotatable bonds is 7. The van der Waals surface area contributed by atoms with Crippen LogP contribution in [0.2, 0.25) is 0 Å². The van der Waals surface area contributed by atoms with Crippen molar-refractivity contribution in [2.24, 2.45) is 0 Å². The van der Waals surface area contributed by atoms with Crippen LogP contribution in [-0.4, -0.2) is 38.2 Å². The summed E-state index contributed by atoms with van der Waals surface area (Å²) in [6.45, 7) is 2.91. The number of hydrogen-bond acceptors (Lipinski definition) is 7. The molecule has 9 nitrogen and oxygen atoms in total. The van der Waals surface area contributed by atoms with Crippen LogP contribution in [0.15, 0.2) is 48.5 Å². The molecule has 3 rings (SSSR count). The SMILES string of the molecule is Cc1cc(NCCNc2nnnn2-c2ccccc2)ccc1[N+](=O)[O-]. The molecule has 0 amide bonds. The lowest BCUT2D eigenvalue weighted by atomic mass is 10.2. The molecule has 0 spiro atoms. The molecule has 0 unspecified atom stereocenters. The average molecular weight is 339 g/mol. The minimum atomic E-state index is -0.385. The highest BCUT2D eigenvalue weighted by molar-refractivity contribution is 5.53. The number of benzene rings is 2. The molecule has 0 aliphatic rings. The Hall–Kier alpha value is -3.49. The fourth-order valence-corrected chi connectivity index (χ4v) is 2.39. The largest absolute Gasteiger partial charge is 0.383 e. The summed E-state index contributed by atoms with van der Waals surface area (Å²) in [6.07, 6.45) is 0. The van der Waals surface area contributed by atoms with Crippen molar-refractivity contribution in [3.8, 4) is 5.69 Å². The second-order valence-electron chi connectivity index (χ2n) is 5.36. The van der Waals surface area contributed by atoms with Gasteiger partial charge in [-0.05, 0) is 41.6 Å². The Morgan fingerprint density at radius 2 is 1.88 bits per heavy atom. The molecule has 0 aliphatic carbocycles. The first-order chi connectivity index (χ1) is 12.1. The van der Waals surface area contributed by atoms with E-state index in [1.54, 1.807) is 23.7 Å². The number of nitrogens with one attached hydrogen (secondary N) is 2. The molecule has 2 aromatic carbocycles. The predicted octanol–water partition coefficient (Wildman–Crippen LogP) is 2.40. The van der Waals surface area contributed by atoms with Gasteiger partial charge in [-0.25, -0.2) is 0 Å². The van der Waals surface area contributed by atoms with Crippen LogP contribution in [0.4, 0.5) is 17.3 Å². The molecule has 0 saturated heterocycles. The van der Waals surface area contributed by atoms with E-state index >= 15 is 0 Å². The average Bonchev–Trinajstić information content (AvgIpc) is 3.08. The molecule has 0 aliphatic heterocycles. The number of nitro benzene ring substituents is 1. The minimum absolute atomic E-state index is 0.116. The van der Waals surface area contributed by atoms with Gasteiger partial charge in [-0.1, -0.05) is 23.3 Å². The van der Waals surface area contributed by atoms with Crippen molar-refractivity contribution in [2.45, 2.75) is 6.92 Å². The van der Waals surface area contributed by atoms with Crippen LogP contribution in [0.3, 0.4) is 0 Å². The summed E-state index contributed by atoms with van der Waals surface area (Å²) in [4.78, 5) is 10.4. The molecule has 1 heterocycles. The quantitative estimate of drug-likeness (QED) is 0.386. The fourth-order valence-electron chi connectivity index (χ4n) is 2.39. The molecule has 0 fully saturated rings. The lowest BCUT2D eigenvalue weighted by molar-refractivity contribution is -0.385. The number of nitro groups is 1. The van der Waals surface area contributed by atoms with Gasteiger partial charge in [0.15, 0.2) is 0 Å². The topological polar surface area (TPSA) is 111 Å². The van der Waals surface area contributed by atoms with Crippen LogP contribution in [0.5, 0.6) is 0 Å². The smallest absolute Gasteiger partial charge is 0.272 e. The monoisotopic (exact) mass is 339 g/mol. The maximum Gasteiger partial charge on any atom is 0.272 e. The minimum Gasteiger partial charge on any atom is -0.383 e. The van der Waals surface area contributed by atoms with Gasteiger partial charge < -0.3 is 10.6 Å². The Labute approximate surface area is 143 Å². The standard InChI is InChI=1S/C16H17N7O2/c1-12-11-13(7-8-15(12)23(24)25)17-9-10-18-16-19-20-21-22(16)14-5-3-2-4-6-14/h2-8,11,17H,9-10H2,1H3,(H,18,19,21). The maximum atomic E-state index is 10.8. The van der Waals surface area contributed by atoms with Crippen molar-refractivity contribution >= 4 is 17.3 Å². The van der Waals surface area contributed by atoms with Crippen LogP contribution in [0.1, 0.15) is 5.56 Å². The first-order valence-electron chi connectivity index (χ1n) is 7.72. The zero-order valence-electron chi connectivity index (χ0n) is 13.6. The first-order valence-corrected chi connectivity index (χ1v) is 7.72. The van der Waals surface area contributed by atoms with Gasteiger partial charge >= 0.3 is 0 Å². The molecule has 1 aromatic heterocycles. The van der Waals surface area contributed by atoms with Gasteiger partial charge in [0.25, 0.3) is 5.69 Å². The van der Waals surface area contributed by atoms with Gasteiger partial charge in [0.05, 0.1) is 10.6 Å². The maximum absolute atomic E-state index is 10.8. The fraction of sp³-hybridized carbons (Fsp3) is 0.188. The molecule has 0 bridgehead atoms. The van der Waals surface area contributed by atoms with Gasteiger partial charge in [-0.15, -0.1) is 0 Å². The highest BCUT2D eigenvalue weighted by Crippen LogP contribution is 2.21. The van der Waals surface area contributed by atoms with Crippen molar-refractivity contribution in [2.75, 3.05) is 23.7 Å². The van der Waals surface area contributed by atoms with Gasteiger partial charge in [0.1, 0.15) is 0 Å². The first kappa shape index (κ1) is 16.4. The number of para-hydroxylation sites is 1. The molecule has 3 aromatic rings. The number of anilines is 2.